The van der Waals surface area contributed by atoms with E-state index in [0.29, 0.717) is 16.4 Å². The predicted molar refractivity (Wildman–Crippen MR) is 103 cm³/mol. The number of alkyl halides is 3. The number of benzene rings is 1. The van der Waals surface area contributed by atoms with Crippen molar-refractivity contribution in [1.82, 2.24) is 15.6 Å². The third-order valence-electron chi connectivity index (χ3n) is 3.69. The highest BCUT2D eigenvalue weighted by Gasteiger charge is 2.27. The van der Waals surface area contributed by atoms with Crippen LogP contribution in [0.2, 0.25) is 0 Å². The largest absolute Gasteiger partial charge is 0.405 e. The molecule has 0 unspecified atom stereocenters. The van der Waals surface area contributed by atoms with Crippen molar-refractivity contribution in [2.75, 3.05) is 18.4 Å². The fourth-order valence-corrected chi connectivity index (χ4v) is 3.26. The maximum Gasteiger partial charge on any atom is 0.405 e. The van der Waals surface area contributed by atoms with Crippen molar-refractivity contribution in [1.29, 1.82) is 0 Å². The zero-order valence-corrected chi connectivity index (χ0v) is 16.5. The Kier molecular flexibility index (Phi) is 7.32. The monoisotopic (exact) mass is 428 g/mol. The highest BCUT2D eigenvalue weighted by atomic mass is 32.1. The maximum atomic E-state index is 12.0. The third-order valence-corrected chi connectivity index (χ3v) is 4.82. The number of nitrogens with zero attached hydrogens (tertiary/aromatic N) is 1. The Labute approximate surface area is 168 Å². The Morgan fingerprint density at radius 1 is 1.10 bits per heavy atom. The summed E-state index contributed by atoms with van der Waals surface area (Å²) in [5.74, 6) is -0.854. The number of thiazole rings is 1. The zero-order chi connectivity index (χ0) is 21.6. The summed E-state index contributed by atoms with van der Waals surface area (Å²) in [7, 11) is 0. The Hall–Kier alpha value is -2.95. The summed E-state index contributed by atoms with van der Waals surface area (Å²) in [6, 6.07) is 6.38. The zero-order valence-electron chi connectivity index (χ0n) is 15.6. The molecule has 1 aromatic carbocycles. The Bertz CT molecular complexity index is 895. The summed E-state index contributed by atoms with van der Waals surface area (Å²) in [6.45, 7) is 1.72. The first-order valence-corrected chi connectivity index (χ1v) is 9.34. The van der Waals surface area contributed by atoms with Gasteiger partial charge in [0.2, 0.25) is 5.91 Å². The minimum Gasteiger partial charge on any atom is -0.347 e. The topological polar surface area (TPSA) is 100 Å². The molecular weight excluding hydrogens is 409 g/mol. The second-order valence-electron chi connectivity index (χ2n) is 6.09. The summed E-state index contributed by atoms with van der Waals surface area (Å²) in [6.07, 6.45) is -4.76. The maximum absolute atomic E-state index is 12.0. The average molecular weight is 428 g/mol. The molecular formula is C18H19F3N4O3S. The minimum absolute atomic E-state index is 0.0382. The first-order chi connectivity index (χ1) is 13.5. The second kappa shape index (κ2) is 9.50. The number of carbonyl (C=O) groups excluding carboxylic acids is 3. The van der Waals surface area contributed by atoms with Gasteiger partial charge in [0.25, 0.3) is 0 Å². The lowest BCUT2D eigenvalue weighted by Gasteiger charge is -2.08. The number of aromatic nitrogens is 1. The number of aryl methyl sites for hydroxylation is 1. The van der Waals surface area contributed by atoms with E-state index in [1.807, 2.05) is 0 Å². The van der Waals surface area contributed by atoms with Gasteiger partial charge in [0.05, 0.1) is 10.6 Å². The number of carbonyl (C=O) groups is 3. The summed E-state index contributed by atoms with van der Waals surface area (Å²) in [5, 5.41) is 6.95. The number of hydrogen-bond acceptors (Lipinski definition) is 5. The van der Waals surface area contributed by atoms with Gasteiger partial charge in [-0.15, -0.1) is 0 Å². The van der Waals surface area contributed by atoms with Crippen molar-refractivity contribution >= 4 is 34.2 Å². The van der Waals surface area contributed by atoms with Crippen molar-refractivity contribution in [2.45, 2.75) is 26.4 Å². The number of urea groups is 1. The molecule has 1 heterocycles. The van der Waals surface area contributed by atoms with E-state index in [4.69, 9.17) is 0 Å². The van der Waals surface area contributed by atoms with Gasteiger partial charge in [0.1, 0.15) is 6.54 Å². The van der Waals surface area contributed by atoms with E-state index in [2.05, 4.69) is 15.6 Å². The fraction of sp³-hybridized carbons (Fsp3) is 0.333. The number of halogens is 3. The van der Waals surface area contributed by atoms with Crippen molar-refractivity contribution < 1.29 is 27.6 Å². The van der Waals surface area contributed by atoms with Crippen molar-refractivity contribution in [3.63, 3.8) is 0 Å². The number of ketones is 1. The molecule has 2 aromatic rings. The highest BCUT2D eigenvalue weighted by molar-refractivity contribution is 7.19. The third kappa shape index (κ3) is 7.18. The van der Waals surface area contributed by atoms with Crippen LogP contribution in [0.3, 0.4) is 0 Å². The SMILES string of the molecule is CC(=O)c1ccc(-c2sc(NC(=O)NCCC(=O)NCC(F)(F)F)nc2C)cc1. The molecule has 0 fully saturated rings. The lowest BCUT2D eigenvalue weighted by Crippen LogP contribution is -2.37. The normalized spacial score (nSPS) is 11.1. The van der Waals surface area contributed by atoms with Crippen LogP contribution in [0.15, 0.2) is 24.3 Å². The molecule has 0 radical (unpaired) electrons. The van der Waals surface area contributed by atoms with Gasteiger partial charge in [0, 0.05) is 18.5 Å². The van der Waals surface area contributed by atoms with E-state index >= 15 is 0 Å². The molecule has 7 nitrogen and oxygen atoms in total. The first-order valence-electron chi connectivity index (χ1n) is 8.52. The van der Waals surface area contributed by atoms with E-state index in [0.717, 1.165) is 10.4 Å². The fourth-order valence-electron chi connectivity index (χ4n) is 2.29. The second-order valence-corrected chi connectivity index (χ2v) is 7.09. The minimum atomic E-state index is -4.48. The molecule has 0 saturated carbocycles. The number of rotatable bonds is 7. The summed E-state index contributed by atoms with van der Waals surface area (Å²) in [5.41, 5.74) is 2.13. The average Bonchev–Trinajstić information content (AvgIpc) is 2.99. The molecule has 11 heteroatoms. The molecule has 2 rings (SSSR count). The number of Topliss-reactive ketones (excluding diaryl/α,β-unsaturated/α-hetero) is 1. The van der Waals surface area contributed by atoms with Crippen LogP contribution in [0.4, 0.5) is 23.1 Å². The Morgan fingerprint density at radius 2 is 1.76 bits per heavy atom. The van der Waals surface area contributed by atoms with Crippen LogP contribution in [-0.2, 0) is 4.79 Å². The molecule has 0 aliphatic rings. The number of amides is 3. The molecule has 0 spiro atoms. The standard InChI is InChI=1S/C18H19F3N4O3S/c1-10-15(13-5-3-12(4-6-13)11(2)26)29-17(24-10)25-16(28)22-8-7-14(27)23-9-18(19,20)21/h3-6H,7-9H2,1-2H3,(H,23,27)(H2,22,24,25,28). The van der Waals surface area contributed by atoms with Crippen LogP contribution >= 0.6 is 11.3 Å². The molecule has 156 valence electrons. The van der Waals surface area contributed by atoms with E-state index in [9.17, 15) is 27.6 Å². The molecule has 3 N–H and O–H groups in total. The predicted octanol–water partition coefficient (Wildman–Crippen LogP) is 3.51. The van der Waals surface area contributed by atoms with Crippen molar-refractivity contribution in [3.8, 4) is 10.4 Å². The van der Waals surface area contributed by atoms with E-state index in [1.165, 1.54) is 18.3 Å². The van der Waals surface area contributed by atoms with Gasteiger partial charge in [-0.25, -0.2) is 9.78 Å². The Morgan fingerprint density at radius 3 is 2.34 bits per heavy atom. The summed E-state index contributed by atoms with van der Waals surface area (Å²) in [4.78, 5) is 39.6. The highest BCUT2D eigenvalue weighted by Crippen LogP contribution is 2.32. The van der Waals surface area contributed by atoms with Crippen LogP contribution in [0.5, 0.6) is 0 Å². The quantitative estimate of drug-likeness (QED) is 0.588. The number of nitrogens with one attached hydrogen (secondary N) is 3. The first kappa shape index (κ1) is 22.3. The molecule has 0 aliphatic heterocycles. The van der Waals surface area contributed by atoms with Gasteiger partial charge in [-0.05, 0) is 19.4 Å². The number of anilines is 1. The van der Waals surface area contributed by atoms with Gasteiger partial charge in [0.15, 0.2) is 10.9 Å². The molecule has 0 saturated heterocycles. The molecule has 0 bridgehead atoms. The van der Waals surface area contributed by atoms with Crippen LogP contribution in [-0.4, -0.2) is 42.0 Å². The smallest absolute Gasteiger partial charge is 0.347 e. The lowest BCUT2D eigenvalue weighted by molar-refractivity contribution is -0.138. The van der Waals surface area contributed by atoms with Gasteiger partial charge < -0.3 is 10.6 Å². The van der Waals surface area contributed by atoms with Crippen LogP contribution in [0.1, 0.15) is 29.4 Å². The van der Waals surface area contributed by atoms with Crippen LogP contribution < -0.4 is 16.0 Å². The van der Waals surface area contributed by atoms with E-state index in [1.54, 1.807) is 36.5 Å². The van der Waals surface area contributed by atoms with Crippen molar-refractivity contribution in [2.24, 2.45) is 0 Å². The van der Waals surface area contributed by atoms with Gasteiger partial charge >= 0.3 is 12.2 Å². The summed E-state index contributed by atoms with van der Waals surface area (Å²) >= 11 is 1.23. The molecule has 29 heavy (non-hydrogen) atoms. The molecule has 0 atom stereocenters. The molecule has 1 aromatic heterocycles. The van der Waals surface area contributed by atoms with Gasteiger partial charge in [-0.2, -0.15) is 13.2 Å². The summed E-state index contributed by atoms with van der Waals surface area (Å²) < 4.78 is 36.0. The van der Waals surface area contributed by atoms with E-state index < -0.39 is 24.7 Å². The van der Waals surface area contributed by atoms with Crippen LogP contribution in [0, 0.1) is 6.92 Å². The van der Waals surface area contributed by atoms with E-state index in [-0.39, 0.29) is 18.7 Å². The molecule has 0 aliphatic carbocycles. The van der Waals surface area contributed by atoms with Gasteiger partial charge in [-0.3, -0.25) is 14.9 Å². The van der Waals surface area contributed by atoms with Gasteiger partial charge in [-0.1, -0.05) is 35.6 Å². The van der Waals surface area contributed by atoms with Crippen LogP contribution in [0.25, 0.3) is 10.4 Å². The Balaban J connectivity index is 1.86. The lowest BCUT2D eigenvalue weighted by atomic mass is 10.1. The molecule has 3 amide bonds. The van der Waals surface area contributed by atoms with Crippen molar-refractivity contribution in [3.05, 3.63) is 35.5 Å². The number of hydrogen-bond donors (Lipinski definition) is 3.